The molecule has 0 N–H and O–H groups in total. The van der Waals surface area contributed by atoms with E-state index in [1.54, 1.807) is 0 Å². The number of benzene rings is 2. The summed E-state index contributed by atoms with van der Waals surface area (Å²) in [4.78, 5) is 10.1. The predicted octanol–water partition coefficient (Wildman–Crippen LogP) is 4.44. The second-order valence-electron chi connectivity index (χ2n) is 9.76. The van der Waals surface area contributed by atoms with Crippen LogP contribution in [-0.4, -0.2) is 74.5 Å². The van der Waals surface area contributed by atoms with Crippen LogP contribution in [0.4, 0.5) is 0 Å². The van der Waals surface area contributed by atoms with Crippen LogP contribution in [0.1, 0.15) is 41.9 Å². The van der Waals surface area contributed by atoms with Crippen molar-refractivity contribution in [2.45, 2.75) is 39.3 Å². The highest BCUT2D eigenvalue weighted by atomic mass is 15.6. The van der Waals surface area contributed by atoms with Gasteiger partial charge >= 0.3 is 0 Å². The first-order chi connectivity index (χ1) is 17.6. The van der Waals surface area contributed by atoms with Gasteiger partial charge in [-0.05, 0) is 60.4 Å². The van der Waals surface area contributed by atoms with Gasteiger partial charge in [0.2, 0.25) is 0 Å². The van der Waals surface area contributed by atoms with Gasteiger partial charge in [0, 0.05) is 38.4 Å². The molecule has 7 heteroatoms. The lowest BCUT2D eigenvalue weighted by atomic mass is 9.98. The zero-order valence-electron chi connectivity index (χ0n) is 21.5. The van der Waals surface area contributed by atoms with Crippen molar-refractivity contribution in [2.75, 3.05) is 32.7 Å². The lowest BCUT2D eigenvalue weighted by Gasteiger charge is -2.40. The first kappa shape index (κ1) is 24.3. The highest BCUT2D eigenvalue weighted by Crippen LogP contribution is 2.32. The Bertz CT molecular complexity index is 1230. The van der Waals surface area contributed by atoms with E-state index in [0.717, 1.165) is 56.4 Å². The van der Waals surface area contributed by atoms with Gasteiger partial charge in [-0.3, -0.25) is 14.8 Å². The van der Waals surface area contributed by atoms with Crippen molar-refractivity contribution in [3.8, 4) is 5.69 Å². The minimum atomic E-state index is 0.0147. The molecule has 2 aliphatic rings. The molecule has 0 aliphatic carbocycles. The molecule has 36 heavy (non-hydrogen) atoms. The van der Waals surface area contributed by atoms with Crippen LogP contribution < -0.4 is 0 Å². The summed E-state index contributed by atoms with van der Waals surface area (Å²) in [5, 5.41) is 13.2. The van der Waals surface area contributed by atoms with E-state index < -0.39 is 0 Å². The fourth-order valence-corrected chi connectivity index (χ4v) is 5.32. The Labute approximate surface area is 213 Å². The molecule has 3 heterocycles. The third kappa shape index (κ3) is 5.37. The molecule has 2 aromatic carbocycles. The number of allylic oxidation sites excluding steroid dienone is 1. The first-order valence-corrected chi connectivity index (χ1v) is 12.8. The summed E-state index contributed by atoms with van der Waals surface area (Å²) >= 11 is 0. The summed E-state index contributed by atoms with van der Waals surface area (Å²) in [5.74, 6) is 0.877. The molecule has 5 rings (SSSR count). The largest absolute Gasteiger partial charge is 0.297 e. The standard InChI is InChI=1S/C29H35N7/c1-22-10-7-11-23(2)27(22)36-29(31-32-33-36)28(26-16-8-12-24(3)30-26)35-20-18-34(19-21-35)17-9-15-25-13-5-4-6-14-25/h4-15,26,28H,16-21H2,1-3H3/b15-9+/t26?,28-/m0/s1. The van der Waals surface area contributed by atoms with E-state index in [4.69, 9.17) is 4.99 Å². The van der Waals surface area contributed by atoms with Crippen LogP contribution >= 0.6 is 0 Å². The van der Waals surface area contributed by atoms with Gasteiger partial charge < -0.3 is 0 Å². The zero-order chi connectivity index (χ0) is 24.9. The van der Waals surface area contributed by atoms with Crippen molar-refractivity contribution >= 4 is 11.8 Å². The Kier molecular flexibility index (Phi) is 7.49. The fourth-order valence-electron chi connectivity index (χ4n) is 5.32. The van der Waals surface area contributed by atoms with Crippen LogP contribution in [-0.2, 0) is 0 Å². The van der Waals surface area contributed by atoms with Crippen molar-refractivity contribution in [1.82, 2.24) is 30.0 Å². The van der Waals surface area contributed by atoms with Gasteiger partial charge in [-0.2, -0.15) is 4.68 Å². The Morgan fingerprint density at radius 3 is 2.42 bits per heavy atom. The number of rotatable bonds is 7. The summed E-state index contributed by atoms with van der Waals surface area (Å²) in [6.45, 7) is 11.2. The average Bonchev–Trinajstić information content (AvgIpc) is 3.34. The van der Waals surface area contributed by atoms with E-state index in [-0.39, 0.29) is 12.1 Å². The second kappa shape index (κ2) is 11.1. The normalized spacial score (nSPS) is 20.1. The molecular weight excluding hydrogens is 446 g/mol. The van der Waals surface area contributed by atoms with E-state index in [1.165, 1.54) is 16.7 Å². The molecule has 186 valence electrons. The van der Waals surface area contributed by atoms with Crippen LogP contribution in [0, 0.1) is 13.8 Å². The van der Waals surface area contributed by atoms with Gasteiger partial charge in [-0.1, -0.05) is 66.8 Å². The van der Waals surface area contributed by atoms with Crippen molar-refractivity contribution in [1.29, 1.82) is 0 Å². The first-order valence-electron chi connectivity index (χ1n) is 12.8. The van der Waals surface area contributed by atoms with Crippen LogP contribution in [0.15, 0.2) is 71.8 Å². The molecule has 1 saturated heterocycles. The number of nitrogens with zero attached hydrogens (tertiary/aromatic N) is 7. The average molecular weight is 482 g/mol. The smallest absolute Gasteiger partial charge is 0.176 e. The number of aryl methyl sites for hydroxylation is 2. The van der Waals surface area contributed by atoms with Gasteiger partial charge in [0.1, 0.15) is 0 Å². The summed E-state index contributed by atoms with van der Waals surface area (Å²) in [5.41, 5.74) is 5.71. The number of hydrogen-bond acceptors (Lipinski definition) is 6. The van der Waals surface area contributed by atoms with Gasteiger partial charge in [0.15, 0.2) is 5.82 Å². The van der Waals surface area contributed by atoms with Crippen LogP contribution in [0.3, 0.4) is 0 Å². The van der Waals surface area contributed by atoms with E-state index in [0.29, 0.717) is 0 Å². The predicted molar refractivity (Wildman–Crippen MR) is 146 cm³/mol. The summed E-state index contributed by atoms with van der Waals surface area (Å²) in [6.07, 6.45) is 9.71. The minimum absolute atomic E-state index is 0.0147. The number of aromatic nitrogens is 4. The van der Waals surface area contributed by atoms with E-state index in [2.05, 4.69) is 119 Å². The fraction of sp³-hybridized carbons (Fsp3) is 0.379. The molecule has 2 aliphatic heterocycles. The minimum Gasteiger partial charge on any atom is -0.297 e. The van der Waals surface area contributed by atoms with Crippen molar-refractivity contribution < 1.29 is 0 Å². The number of para-hydroxylation sites is 1. The van der Waals surface area contributed by atoms with Gasteiger partial charge in [-0.25, -0.2) is 0 Å². The van der Waals surface area contributed by atoms with Crippen molar-refractivity contribution in [3.63, 3.8) is 0 Å². The molecule has 2 atom stereocenters. The Morgan fingerprint density at radius 2 is 1.69 bits per heavy atom. The number of piperazine rings is 1. The van der Waals surface area contributed by atoms with Crippen molar-refractivity contribution in [2.24, 2.45) is 4.99 Å². The topological polar surface area (TPSA) is 62.4 Å². The molecule has 7 nitrogen and oxygen atoms in total. The number of dihydropyridines is 1. The maximum atomic E-state index is 5.05. The molecule has 1 unspecified atom stereocenters. The van der Waals surface area contributed by atoms with Crippen LogP contribution in [0.5, 0.6) is 0 Å². The molecule has 0 radical (unpaired) electrons. The molecule has 0 bridgehead atoms. The number of hydrogen-bond donors (Lipinski definition) is 0. The zero-order valence-corrected chi connectivity index (χ0v) is 21.5. The SMILES string of the molecule is CC1=NC([C@@H](c2nnnn2-c2c(C)cccc2C)N2CCN(C/C=C/c3ccccc3)CC2)CC=C1. The maximum absolute atomic E-state index is 5.05. The van der Waals surface area contributed by atoms with Gasteiger partial charge in [0.25, 0.3) is 0 Å². The molecular formula is C29H35N7. The molecule has 0 spiro atoms. The summed E-state index contributed by atoms with van der Waals surface area (Å²) in [6, 6.07) is 16.9. The second-order valence-corrected chi connectivity index (χ2v) is 9.76. The third-order valence-electron chi connectivity index (χ3n) is 7.15. The van der Waals surface area contributed by atoms with Gasteiger partial charge in [-0.15, -0.1) is 5.10 Å². The highest BCUT2D eigenvalue weighted by molar-refractivity contribution is 5.93. The molecule has 0 amide bonds. The maximum Gasteiger partial charge on any atom is 0.176 e. The number of tetrazole rings is 1. The molecule has 3 aromatic rings. The Balaban J connectivity index is 1.37. The van der Waals surface area contributed by atoms with Gasteiger partial charge in [0.05, 0.1) is 17.8 Å². The molecule has 0 saturated carbocycles. The lowest BCUT2D eigenvalue weighted by molar-refractivity contribution is 0.0859. The Hall–Kier alpha value is -3.42. The highest BCUT2D eigenvalue weighted by Gasteiger charge is 2.36. The molecule has 1 aromatic heterocycles. The number of aliphatic imine (C=N–C) groups is 1. The molecule has 1 fully saturated rings. The monoisotopic (exact) mass is 481 g/mol. The van der Waals surface area contributed by atoms with Crippen LogP contribution in [0.25, 0.3) is 11.8 Å². The van der Waals surface area contributed by atoms with Crippen molar-refractivity contribution in [3.05, 3.63) is 89.3 Å². The van der Waals surface area contributed by atoms with Crippen LogP contribution in [0.2, 0.25) is 0 Å². The quantitative estimate of drug-likeness (QED) is 0.499. The van der Waals surface area contributed by atoms with E-state index >= 15 is 0 Å². The summed E-state index contributed by atoms with van der Waals surface area (Å²) < 4.78 is 1.95. The van der Waals surface area contributed by atoms with E-state index in [9.17, 15) is 0 Å². The summed E-state index contributed by atoms with van der Waals surface area (Å²) in [7, 11) is 0. The lowest BCUT2D eigenvalue weighted by Crippen LogP contribution is -2.50. The van der Waals surface area contributed by atoms with E-state index in [1.807, 2.05) is 4.68 Å². The Morgan fingerprint density at radius 1 is 0.944 bits per heavy atom. The third-order valence-corrected chi connectivity index (χ3v) is 7.15.